The van der Waals surface area contributed by atoms with Crippen LogP contribution in [-0.2, 0) is 19.4 Å². The molecule has 1 fully saturated rings. The average molecular weight is 525 g/mol. The number of ether oxygens (including phenoxy) is 1. The van der Waals surface area contributed by atoms with Gasteiger partial charge >= 0.3 is 0 Å². The van der Waals surface area contributed by atoms with Crippen LogP contribution in [0.4, 0.5) is 0 Å². The van der Waals surface area contributed by atoms with Crippen molar-refractivity contribution in [3.63, 3.8) is 0 Å². The summed E-state index contributed by atoms with van der Waals surface area (Å²) in [4.78, 5) is 24.7. The lowest BCUT2D eigenvalue weighted by Gasteiger charge is -2.16. The lowest BCUT2D eigenvalue weighted by Crippen LogP contribution is -2.29. The number of imidazole rings is 1. The quantitative estimate of drug-likeness (QED) is 0.311. The van der Waals surface area contributed by atoms with E-state index >= 15 is 0 Å². The van der Waals surface area contributed by atoms with E-state index in [0.717, 1.165) is 40.0 Å². The van der Waals surface area contributed by atoms with E-state index in [1.807, 2.05) is 60.0 Å². The summed E-state index contributed by atoms with van der Waals surface area (Å²) in [5, 5.41) is 16.1. The Balaban J connectivity index is 1.26. The number of carbonyl (C=O) groups is 1. The number of likely N-dealkylation sites (N-methyl/N-ethyl adjacent to an activating group) is 1. The van der Waals surface area contributed by atoms with Gasteiger partial charge in [-0.25, -0.2) is 4.98 Å². The summed E-state index contributed by atoms with van der Waals surface area (Å²) < 4.78 is 9.79. The maximum absolute atomic E-state index is 13.5. The number of likely N-dealkylation sites (tertiary alicyclic amines) is 1. The number of pyridine rings is 2. The Kier molecular flexibility index (Phi) is 6.62. The Morgan fingerprint density at radius 3 is 2.77 bits per heavy atom. The third-order valence-corrected chi connectivity index (χ3v) is 7.36. The van der Waals surface area contributed by atoms with Crippen molar-refractivity contribution in [3.8, 4) is 5.75 Å². The van der Waals surface area contributed by atoms with E-state index in [4.69, 9.17) is 9.84 Å². The maximum Gasteiger partial charge on any atom is 0.185 e. The van der Waals surface area contributed by atoms with Gasteiger partial charge in [0.25, 0.3) is 0 Å². The van der Waals surface area contributed by atoms with Gasteiger partial charge in [0.2, 0.25) is 0 Å². The predicted molar refractivity (Wildman–Crippen MR) is 148 cm³/mol. The second kappa shape index (κ2) is 10.2. The lowest BCUT2D eigenvalue weighted by atomic mass is 10.0. The van der Waals surface area contributed by atoms with E-state index in [1.54, 1.807) is 22.9 Å². The van der Waals surface area contributed by atoms with E-state index < -0.39 is 6.10 Å². The molecule has 0 radical (unpaired) electrons. The number of aliphatic hydroxyl groups is 1. The number of rotatable bonds is 8. The van der Waals surface area contributed by atoms with E-state index in [-0.39, 0.29) is 18.3 Å². The zero-order valence-corrected chi connectivity index (χ0v) is 22.4. The zero-order valence-electron chi connectivity index (χ0n) is 22.4. The van der Waals surface area contributed by atoms with Crippen molar-refractivity contribution >= 4 is 22.3 Å². The Hall–Kier alpha value is -4.08. The number of nitrogens with zero attached hydrogens (tertiary/aromatic N) is 6. The molecule has 0 spiro atoms. The highest BCUT2D eigenvalue weighted by Gasteiger charge is 2.31. The van der Waals surface area contributed by atoms with E-state index in [2.05, 4.69) is 23.0 Å². The molecule has 1 saturated heterocycles. The van der Waals surface area contributed by atoms with Crippen LogP contribution in [0.1, 0.15) is 40.1 Å². The summed E-state index contributed by atoms with van der Waals surface area (Å²) in [6.45, 7) is 5.89. The number of β-amino-alcohol motifs (C(OH)–C–C–N with tert-alkyl or cyclic N) is 1. The molecule has 1 aromatic carbocycles. The van der Waals surface area contributed by atoms with Crippen molar-refractivity contribution in [1.29, 1.82) is 0 Å². The monoisotopic (exact) mass is 524 g/mol. The van der Waals surface area contributed by atoms with E-state index in [0.29, 0.717) is 36.7 Å². The number of hydrogen-bond acceptors (Lipinski definition) is 7. The molecule has 9 heteroatoms. The molecule has 0 bridgehead atoms. The topological polar surface area (TPSA) is 97.8 Å². The average Bonchev–Trinajstić information content (AvgIpc) is 3.59. The van der Waals surface area contributed by atoms with Gasteiger partial charge in [0.15, 0.2) is 5.78 Å². The predicted octanol–water partition coefficient (Wildman–Crippen LogP) is 3.48. The van der Waals surface area contributed by atoms with Gasteiger partial charge in [-0.05, 0) is 50.2 Å². The SMILES string of the molecule is CCc1nn(Cc2cccc(C)n2)c2cccc(CC(=O)c3cnc4cc(O[C@@H]5CN(C)C[C@H]5O)ccn34)c12. The minimum atomic E-state index is -0.531. The number of hydrogen-bond donors (Lipinski definition) is 1. The molecule has 4 aromatic heterocycles. The molecular formula is C30H32N6O3. The zero-order chi connectivity index (χ0) is 27.1. The summed E-state index contributed by atoms with van der Waals surface area (Å²) in [7, 11) is 1.96. The first-order chi connectivity index (χ1) is 18.9. The second-order valence-corrected chi connectivity index (χ2v) is 10.3. The first kappa shape index (κ1) is 25.2. The molecule has 39 heavy (non-hydrogen) atoms. The van der Waals surface area contributed by atoms with Crippen LogP contribution < -0.4 is 4.74 Å². The second-order valence-electron chi connectivity index (χ2n) is 10.3. The molecule has 200 valence electrons. The van der Waals surface area contributed by atoms with Crippen molar-refractivity contribution < 1.29 is 14.6 Å². The fraction of sp³-hybridized carbons (Fsp3) is 0.333. The number of aryl methyl sites for hydroxylation is 2. The largest absolute Gasteiger partial charge is 0.486 e. The van der Waals surface area contributed by atoms with Crippen molar-refractivity contribution in [1.82, 2.24) is 29.0 Å². The number of carbonyl (C=O) groups excluding carboxylic acids is 1. The highest BCUT2D eigenvalue weighted by Crippen LogP contribution is 2.26. The standard InChI is InChI=1S/C30H32N6O3/c1-4-23-30-20(8-6-10-24(30)36(33-23)16-21-9-5-7-19(2)32-21)13-26(37)25-15-31-29-14-22(11-12-35(25)29)39-28-18-34(3)17-27(28)38/h5-12,14-15,27-28,38H,4,13,16-18H2,1-3H3/t27-,28-/m1/s1. The van der Waals surface area contributed by atoms with Crippen molar-refractivity contribution in [2.75, 3.05) is 20.1 Å². The normalized spacial score (nSPS) is 17.8. The molecule has 1 aliphatic heterocycles. The minimum absolute atomic E-state index is 0.0216. The van der Waals surface area contributed by atoms with Crippen LogP contribution >= 0.6 is 0 Å². The molecule has 0 aliphatic carbocycles. The molecule has 0 unspecified atom stereocenters. The number of aromatic nitrogens is 5. The molecule has 9 nitrogen and oxygen atoms in total. The van der Waals surface area contributed by atoms with Crippen LogP contribution in [0.3, 0.4) is 0 Å². The van der Waals surface area contributed by atoms with Crippen molar-refractivity contribution in [2.45, 2.75) is 45.4 Å². The van der Waals surface area contributed by atoms with Crippen molar-refractivity contribution in [2.24, 2.45) is 0 Å². The molecular weight excluding hydrogens is 492 g/mol. The Bertz CT molecular complexity index is 1670. The van der Waals surface area contributed by atoms with E-state index in [1.165, 1.54) is 0 Å². The van der Waals surface area contributed by atoms with Crippen LogP contribution in [0, 0.1) is 6.92 Å². The van der Waals surface area contributed by atoms with Gasteiger partial charge in [-0.1, -0.05) is 25.1 Å². The number of benzene rings is 1. The highest BCUT2D eigenvalue weighted by atomic mass is 16.5. The van der Waals surface area contributed by atoms with Crippen LogP contribution in [0.5, 0.6) is 5.75 Å². The summed E-state index contributed by atoms with van der Waals surface area (Å²) in [6, 6.07) is 15.7. The smallest absolute Gasteiger partial charge is 0.185 e. The summed E-state index contributed by atoms with van der Waals surface area (Å²) in [5.41, 5.74) is 5.99. The van der Waals surface area contributed by atoms with Crippen LogP contribution in [0.2, 0.25) is 0 Å². The molecule has 0 amide bonds. The molecule has 5 heterocycles. The molecule has 6 rings (SSSR count). The summed E-state index contributed by atoms with van der Waals surface area (Å²) >= 11 is 0. The van der Waals surface area contributed by atoms with Crippen LogP contribution in [-0.4, -0.2) is 72.3 Å². The van der Waals surface area contributed by atoms with E-state index in [9.17, 15) is 9.90 Å². The molecule has 2 atom stereocenters. The Labute approximate surface area is 226 Å². The third-order valence-electron chi connectivity index (χ3n) is 7.36. The third kappa shape index (κ3) is 4.91. The van der Waals surface area contributed by atoms with Gasteiger partial charge in [0.1, 0.15) is 29.3 Å². The molecule has 1 aliphatic rings. The fourth-order valence-corrected chi connectivity index (χ4v) is 5.48. The molecule has 5 aromatic rings. The molecule has 1 N–H and O–H groups in total. The minimum Gasteiger partial charge on any atom is -0.486 e. The first-order valence-electron chi connectivity index (χ1n) is 13.3. The van der Waals surface area contributed by atoms with Crippen molar-refractivity contribution in [3.05, 3.63) is 89.3 Å². The van der Waals surface area contributed by atoms with Gasteiger partial charge in [-0.15, -0.1) is 0 Å². The summed E-state index contributed by atoms with van der Waals surface area (Å²) in [5.74, 6) is 0.603. The lowest BCUT2D eigenvalue weighted by molar-refractivity contribution is 0.0737. The summed E-state index contributed by atoms with van der Waals surface area (Å²) in [6.07, 6.45) is 3.61. The number of fused-ring (bicyclic) bond motifs is 2. The highest BCUT2D eigenvalue weighted by molar-refractivity contribution is 5.99. The van der Waals surface area contributed by atoms with Gasteiger partial charge in [0.05, 0.1) is 29.6 Å². The van der Waals surface area contributed by atoms with Gasteiger partial charge in [0, 0.05) is 42.9 Å². The van der Waals surface area contributed by atoms with Gasteiger partial charge in [-0.2, -0.15) is 5.10 Å². The Morgan fingerprint density at radius 2 is 2.00 bits per heavy atom. The first-order valence-corrected chi connectivity index (χ1v) is 13.3. The van der Waals surface area contributed by atoms with Gasteiger partial charge in [-0.3, -0.25) is 23.8 Å². The number of ketones is 1. The Morgan fingerprint density at radius 1 is 1.15 bits per heavy atom. The molecule has 0 saturated carbocycles. The maximum atomic E-state index is 13.5. The fourth-order valence-electron chi connectivity index (χ4n) is 5.48. The van der Waals surface area contributed by atoms with Crippen LogP contribution in [0.25, 0.3) is 16.6 Å². The number of aliphatic hydroxyl groups excluding tert-OH is 1. The van der Waals surface area contributed by atoms with Gasteiger partial charge < -0.3 is 9.84 Å². The number of Topliss-reactive ketones (excluding diaryl/α,β-unsaturated/α-hetero) is 1. The van der Waals surface area contributed by atoms with Crippen LogP contribution in [0.15, 0.2) is 60.9 Å².